The molecule has 0 unspecified atom stereocenters. The summed E-state index contributed by atoms with van der Waals surface area (Å²) in [5.74, 6) is 0.463. The first-order chi connectivity index (χ1) is 9.34. The summed E-state index contributed by atoms with van der Waals surface area (Å²) in [6.45, 7) is 1.93. The number of nitrogen functional groups attached to an aromatic ring is 1. The van der Waals surface area contributed by atoms with Crippen molar-refractivity contribution in [3.63, 3.8) is 0 Å². The predicted octanol–water partition coefficient (Wildman–Crippen LogP) is 2.85. The van der Waals surface area contributed by atoms with Gasteiger partial charge in [0.05, 0.1) is 14.8 Å². The highest BCUT2D eigenvalue weighted by Gasteiger charge is 2.15. The zero-order valence-corrected chi connectivity index (χ0v) is 12.5. The fourth-order valence-corrected chi connectivity index (χ4v) is 3.46. The Labute approximate surface area is 120 Å². The molecule has 0 atom stereocenters. The van der Waals surface area contributed by atoms with Crippen molar-refractivity contribution >= 4 is 37.3 Å². The van der Waals surface area contributed by atoms with E-state index in [1.807, 2.05) is 13.0 Å². The Bertz CT molecular complexity index is 907. The van der Waals surface area contributed by atoms with Gasteiger partial charge < -0.3 is 10.2 Å². The number of nitrogens with two attached hydrogens (primary N) is 1. The molecule has 1 aromatic carbocycles. The summed E-state index contributed by atoms with van der Waals surface area (Å²) in [5.41, 5.74) is 7.83. The number of aromatic nitrogens is 1. The monoisotopic (exact) mass is 308 g/mol. The highest BCUT2D eigenvalue weighted by Crippen LogP contribution is 2.35. The molecule has 2 aromatic heterocycles. The molecule has 0 fully saturated rings. The molecule has 0 aliphatic carbocycles. The van der Waals surface area contributed by atoms with E-state index in [-0.39, 0.29) is 4.90 Å². The van der Waals surface area contributed by atoms with Gasteiger partial charge in [-0.3, -0.25) is 0 Å². The van der Waals surface area contributed by atoms with Gasteiger partial charge in [0, 0.05) is 6.26 Å². The van der Waals surface area contributed by atoms with Crippen molar-refractivity contribution in [2.75, 3.05) is 12.0 Å². The van der Waals surface area contributed by atoms with Crippen molar-refractivity contribution in [1.82, 2.24) is 4.98 Å². The molecule has 0 spiro atoms. The van der Waals surface area contributed by atoms with Crippen molar-refractivity contribution < 1.29 is 12.8 Å². The first-order valence-electron chi connectivity index (χ1n) is 5.81. The lowest BCUT2D eigenvalue weighted by atomic mass is 10.3. The van der Waals surface area contributed by atoms with Crippen LogP contribution in [0.25, 0.3) is 21.9 Å². The van der Waals surface area contributed by atoms with Gasteiger partial charge in [0.15, 0.2) is 15.4 Å². The standard InChI is InChI=1S/C13H12N2O3S2/c1-7-5-11(14)19-12(7)13-15-9-6-8(20(2,16)17)3-4-10(9)18-13/h3-6H,14H2,1-2H3. The Morgan fingerprint density at radius 3 is 2.65 bits per heavy atom. The first kappa shape index (κ1) is 13.1. The van der Waals surface area contributed by atoms with Crippen LogP contribution in [0.3, 0.4) is 0 Å². The molecule has 0 amide bonds. The van der Waals surface area contributed by atoms with Gasteiger partial charge in [-0.05, 0) is 36.8 Å². The third-order valence-electron chi connectivity index (χ3n) is 2.92. The van der Waals surface area contributed by atoms with Crippen molar-refractivity contribution in [3.8, 4) is 10.8 Å². The smallest absolute Gasteiger partial charge is 0.237 e. The number of aryl methyl sites for hydroxylation is 1. The van der Waals surface area contributed by atoms with E-state index in [4.69, 9.17) is 10.2 Å². The summed E-state index contributed by atoms with van der Waals surface area (Å²) in [7, 11) is -3.25. The predicted molar refractivity (Wildman–Crippen MR) is 79.6 cm³/mol. The first-order valence-corrected chi connectivity index (χ1v) is 8.52. The maximum atomic E-state index is 11.5. The molecule has 0 aliphatic rings. The maximum absolute atomic E-state index is 11.5. The second kappa shape index (κ2) is 4.32. The summed E-state index contributed by atoms with van der Waals surface area (Å²) >= 11 is 1.40. The highest BCUT2D eigenvalue weighted by molar-refractivity contribution is 7.90. The van der Waals surface area contributed by atoms with Crippen molar-refractivity contribution in [1.29, 1.82) is 0 Å². The van der Waals surface area contributed by atoms with E-state index in [1.165, 1.54) is 29.7 Å². The molecule has 104 valence electrons. The molecular formula is C13H12N2O3S2. The zero-order valence-electron chi connectivity index (χ0n) is 10.9. The average Bonchev–Trinajstić information content (AvgIpc) is 2.89. The van der Waals surface area contributed by atoms with Crippen LogP contribution in [0.5, 0.6) is 0 Å². The van der Waals surface area contributed by atoms with E-state index in [0.717, 1.165) is 10.4 Å². The summed E-state index contributed by atoms with van der Waals surface area (Å²) < 4.78 is 28.7. The molecule has 20 heavy (non-hydrogen) atoms. The Balaban J connectivity index is 2.18. The lowest BCUT2D eigenvalue weighted by Gasteiger charge is -1.95. The fourth-order valence-electron chi connectivity index (χ4n) is 1.95. The molecule has 2 heterocycles. The molecule has 3 rings (SSSR count). The van der Waals surface area contributed by atoms with Gasteiger partial charge in [0.25, 0.3) is 0 Å². The van der Waals surface area contributed by atoms with Gasteiger partial charge in [-0.15, -0.1) is 11.3 Å². The molecule has 0 aliphatic heterocycles. The Hall–Kier alpha value is -1.86. The van der Waals surface area contributed by atoms with Crippen LogP contribution in [-0.2, 0) is 9.84 Å². The van der Waals surface area contributed by atoms with E-state index in [9.17, 15) is 8.42 Å². The molecule has 0 bridgehead atoms. The number of benzene rings is 1. The number of thiophene rings is 1. The van der Waals surface area contributed by atoms with Crippen LogP contribution in [0, 0.1) is 6.92 Å². The molecule has 0 saturated carbocycles. The van der Waals surface area contributed by atoms with E-state index >= 15 is 0 Å². The quantitative estimate of drug-likeness (QED) is 0.786. The lowest BCUT2D eigenvalue weighted by molar-refractivity contribution is 0.602. The molecular weight excluding hydrogens is 296 g/mol. The number of anilines is 1. The van der Waals surface area contributed by atoms with Gasteiger partial charge in [-0.1, -0.05) is 0 Å². The normalized spacial score (nSPS) is 12.1. The maximum Gasteiger partial charge on any atom is 0.237 e. The molecule has 2 N–H and O–H groups in total. The topological polar surface area (TPSA) is 86.2 Å². The van der Waals surface area contributed by atoms with E-state index in [0.29, 0.717) is 22.0 Å². The number of rotatable bonds is 2. The van der Waals surface area contributed by atoms with Crippen LogP contribution in [0.1, 0.15) is 5.56 Å². The molecule has 5 nitrogen and oxygen atoms in total. The van der Waals surface area contributed by atoms with E-state index < -0.39 is 9.84 Å². The molecule has 3 aromatic rings. The van der Waals surface area contributed by atoms with Crippen LogP contribution >= 0.6 is 11.3 Å². The number of hydrogen-bond donors (Lipinski definition) is 1. The average molecular weight is 308 g/mol. The van der Waals surface area contributed by atoms with Crippen molar-refractivity contribution in [3.05, 3.63) is 29.8 Å². The lowest BCUT2D eigenvalue weighted by Crippen LogP contribution is -1.95. The van der Waals surface area contributed by atoms with Gasteiger partial charge >= 0.3 is 0 Å². The second-order valence-corrected chi connectivity index (χ2v) is 7.68. The fraction of sp³-hybridized carbons (Fsp3) is 0.154. The number of oxazole rings is 1. The minimum absolute atomic E-state index is 0.229. The number of nitrogens with zero attached hydrogens (tertiary/aromatic N) is 1. The third-order valence-corrected chi connectivity index (χ3v) is 5.08. The van der Waals surface area contributed by atoms with Crippen LogP contribution in [0.4, 0.5) is 5.00 Å². The minimum Gasteiger partial charge on any atom is -0.435 e. The summed E-state index contributed by atoms with van der Waals surface area (Å²) in [5, 5.41) is 0.691. The summed E-state index contributed by atoms with van der Waals surface area (Å²) in [6.07, 6.45) is 1.17. The number of sulfone groups is 1. The minimum atomic E-state index is -3.25. The third kappa shape index (κ3) is 2.19. The van der Waals surface area contributed by atoms with Crippen LogP contribution in [0.15, 0.2) is 33.6 Å². The van der Waals surface area contributed by atoms with Gasteiger partial charge in [-0.2, -0.15) is 0 Å². The van der Waals surface area contributed by atoms with Crippen molar-refractivity contribution in [2.24, 2.45) is 0 Å². The zero-order chi connectivity index (χ0) is 14.5. The number of hydrogen-bond acceptors (Lipinski definition) is 6. The Morgan fingerprint density at radius 2 is 2.05 bits per heavy atom. The summed E-state index contributed by atoms with van der Waals surface area (Å²) in [4.78, 5) is 5.44. The van der Waals surface area contributed by atoms with Gasteiger partial charge in [0.1, 0.15) is 5.52 Å². The SMILES string of the molecule is Cc1cc(N)sc1-c1nc2cc(S(C)(=O)=O)ccc2o1. The molecule has 0 saturated heterocycles. The van der Waals surface area contributed by atoms with E-state index in [1.54, 1.807) is 6.07 Å². The molecule has 7 heteroatoms. The van der Waals surface area contributed by atoms with Crippen LogP contribution in [0.2, 0.25) is 0 Å². The second-order valence-electron chi connectivity index (χ2n) is 4.58. The summed E-state index contributed by atoms with van der Waals surface area (Å²) in [6, 6.07) is 6.51. The largest absolute Gasteiger partial charge is 0.435 e. The Morgan fingerprint density at radius 1 is 1.30 bits per heavy atom. The van der Waals surface area contributed by atoms with Crippen LogP contribution in [-0.4, -0.2) is 19.7 Å². The Kier molecular flexibility index (Phi) is 2.84. The number of fused-ring (bicyclic) bond motifs is 1. The van der Waals surface area contributed by atoms with E-state index in [2.05, 4.69) is 4.98 Å². The molecule has 0 radical (unpaired) electrons. The van der Waals surface area contributed by atoms with Crippen molar-refractivity contribution in [2.45, 2.75) is 11.8 Å². The van der Waals surface area contributed by atoms with Crippen LogP contribution < -0.4 is 5.73 Å². The van der Waals surface area contributed by atoms with Gasteiger partial charge in [0.2, 0.25) is 5.89 Å². The highest BCUT2D eigenvalue weighted by atomic mass is 32.2. The van der Waals surface area contributed by atoms with Gasteiger partial charge in [-0.25, -0.2) is 13.4 Å².